The van der Waals surface area contributed by atoms with Crippen molar-refractivity contribution in [2.45, 2.75) is 25.7 Å². The number of thiazole rings is 1. The van der Waals surface area contributed by atoms with Gasteiger partial charge in [0, 0.05) is 30.2 Å². The number of anilines is 1. The largest absolute Gasteiger partial charge is 0.298 e. The van der Waals surface area contributed by atoms with Gasteiger partial charge in [-0.3, -0.25) is 10.1 Å². The van der Waals surface area contributed by atoms with Gasteiger partial charge in [-0.25, -0.2) is 13.4 Å². The third-order valence-electron chi connectivity index (χ3n) is 3.43. The molecule has 0 spiro atoms. The van der Waals surface area contributed by atoms with E-state index in [4.69, 9.17) is 0 Å². The van der Waals surface area contributed by atoms with Crippen LogP contribution in [-0.2, 0) is 10.0 Å². The molecule has 1 aromatic heterocycles. The fourth-order valence-corrected chi connectivity index (χ4v) is 4.41. The second-order valence-electron chi connectivity index (χ2n) is 4.86. The number of benzene rings is 1. The van der Waals surface area contributed by atoms with Gasteiger partial charge in [0.15, 0.2) is 5.13 Å². The lowest BCUT2D eigenvalue weighted by Gasteiger charge is -2.20. The molecule has 0 bridgehead atoms. The summed E-state index contributed by atoms with van der Waals surface area (Å²) in [6, 6.07) is 4.68. The Balaban J connectivity index is 2.37. The molecule has 0 aliphatic rings. The van der Waals surface area contributed by atoms with Gasteiger partial charge in [-0.05, 0) is 24.6 Å². The van der Waals surface area contributed by atoms with E-state index in [2.05, 4.69) is 10.3 Å². The molecule has 0 saturated heterocycles. The van der Waals surface area contributed by atoms with Crippen LogP contribution in [-0.4, -0.2) is 36.7 Å². The van der Waals surface area contributed by atoms with E-state index in [0.717, 1.165) is 0 Å². The first kappa shape index (κ1) is 17.6. The molecule has 0 saturated carbocycles. The summed E-state index contributed by atoms with van der Waals surface area (Å²) in [4.78, 5) is 16.4. The molecule has 23 heavy (non-hydrogen) atoms. The first-order chi connectivity index (χ1) is 10.9. The molecule has 1 heterocycles. The van der Waals surface area contributed by atoms with Crippen LogP contribution in [0.15, 0.2) is 34.7 Å². The quantitative estimate of drug-likeness (QED) is 0.866. The Labute approximate surface area is 140 Å². The summed E-state index contributed by atoms with van der Waals surface area (Å²) >= 11 is 1.30. The normalized spacial score (nSPS) is 11.7. The van der Waals surface area contributed by atoms with Crippen LogP contribution >= 0.6 is 11.3 Å². The van der Waals surface area contributed by atoms with Gasteiger partial charge in [-0.15, -0.1) is 11.3 Å². The SMILES string of the molecule is CCN(CC)S(=O)(=O)c1cc(C(=O)Nc2nccs2)ccc1C. The molecule has 0 atom stereocenters. The minimum absolute atomic E-state index is 0.160. The molecule has 0 aliphatic heterocycles. The number of aromatic nitrogens is 1. The highest BCUT2D eigenvalue weighted by atomic mass is 32.2. The van der Waals surface area contributed by atoms with Gasteiger partial charge in [0.05, 0.1) is 4.90 Å². The van der Waals surface area contributed by atoms with Crippen LogP contribution in [0.1, 0.15) is 29.8 Å². The maximum atomic E-state index is 12.7. The summed E-state index contributed by atoms with van der Waals surface area (Å²) < 4.78 is 26.8. The summed E-state index contributed by atoms with van der Waals surface area (Å²) in [6.07, 6.45) is 1.59. The van der Waals surface area contributed by atoms with E-state index in [1.807, 2.05) is 0 Å². The zero-order chi connectivity index (χ0) is 17.0. The third-order valence-corrected chi connectivity index (χ3v) is 6.31. The number of sulfonamides is 1. The van der Waals surface area contributed by atoms with Gasteiger partial charge in [-0.2, -0.15) is 4.31 Å². The Bertz CT molecular complexity index is 782. The number of hydrogen-bond acceptors (Lipinski definition) is 5. The average Bonchev–Trinajstić information content (AvgIpc) is 3.01. The van der Waals surface area contributed by atoms with Gasteiger partial charge < -0.3 is 0 Å². The number of nitrogens with one attached hydrogen (secondary N) is 1. The van der Waals surface area contributed by atoms with Crippen molar-refractivity contribution in [3.05, 3.63) is 40.9 Å². The van der Waals surface area contributed by atoms with Crippen molar-refractivity contribution in [1.82, 2.24) is 9.29 Å². The van der Waals surface area contributed by atoms with E-state index in [0.29, 0.717) is 23.8 Å². The van der Waals surface area contributed by atoms with Crippen molar-refractivity contribution in [2.75, 3.05) is 18.4 Å². The van der Waals surface area contributed by atoms with Gasteiger partial charge in [0.1, 0.15) is 0 Å². The topological polar surface area (TPSA) is 79.4 Å². The number of hydrogen-bond donors (Lipinski definition) is 1. The minimum atomic E-state index is -3.61. The molecular weight excluding hydrogens is 334 g/mol. The molecule has 6 nitrogen and oxygen atoms in total. The predicted octanol–water partition coefficient (Wildman–Crippen LogP) is 2.73. The Morgan fingerprint density at radius 3 is 2.57 bits per heavy atom. The van der Waals surface area contributed by atoms with Gasteiger partial charge >= 0.3 is 0 Å². The maximum absolute atomic E-state index is 12.7. The van der Waals surface area contributed by atoms with Gasteiger partial charge in [0.25, 0.3) is 5.91 Å². The second kappa shape index (κ2) is 7.20. The molecule has 1 amide bonds. The number of carbonyl (C=O) groups is 1. The summed E-state index contributed by atoms with van der Waals surface area (Å²) in [7, 11) is -3.61. The van der Waals surface area contributed by atoms with E-state index < -0.39 is 10.0 Å². The molecule has 0 unspecified atom stereocenters. The van der Waals surface area contributed by atoms with E-state index in [1.165, 1.54) is 21.7 Å². The second-order valence-corrected chi connectivity index (χ2v) is 7.66. The number of carbonyl (C=O) groups excluding carboxylic acids is 1. The van der Waals surface area contributed by atoms with Crippen LogP contribution in [0.5, 0.6) is 0 Å². The summed E-state index contributed by atoms with van der Waals surface area (Å²) in [5, 5.41) is 4.88. The van der Waals surface area contributed by atoms with E-state index in [9.17, 15) is 13.2 Å². The van der Waals surface area contributed by atoms with Crippen LogP contribution < -0.4 is 5.32 Å². The fraction of sp³-hybridized carbons (Fsp3) is 0.333. The van der Waals surface area contributed by atoms with Crippen molar-refractivity contribution in [1.29, 1.82) is 0 Å². The smallest absolute Gasteiger partial charge is 0.257 e. The molecule has 0 radical (unpaired) electrons. The van der Waals surface area contributed by atoms with Crippen LogP contribution in [0.4, 0.5) is 5.13 Å². The van der Waals surface area contributed by atoms with Crippen molar-refractivity contribution in [2.24, 2.45) is 0 Å². The van der Waals surface area contributed by atoms with Gasteiger partial charge in [-0.1, -0.05) is 19.9 Å². The lowest BCUT2D eigenvalue weighted by molar-refractivity contribution is 0.102. The number of nitrogens with zero attached hydrogens (tertiary/aromatic N) is 2. The third kappa shape index (κ3) is 3.77. The number of rotatable bonds is 6. The standard InChI is InChI=1S/C15H19N3O3S2/c1-4-18(5-2)23(20,21)13-10-12(7-6-11(13)3)14(19)17-15-16-8-9-22-15/h6-10H,4-5H2,1-3H3,(H,16,17,19). The number of amides is 1. The lowest BCUT2D eigenvalue weighted by atomic mass is 10.1. The molecule has 1 N–H and O–H groups in total. The maximum Gasteiger partial charge on any atom is 0.257 e. The summed E-state index contributed by atoms with van der Waals surface area (Å²) in [5.41, 5.74) is 0.902. The van der Waals surface area contributed by atoms with Crippen molar-refractivity contribution in [3.8, 4) is 0 Å². The first-order valence-electron chi connectivity index (χ1n) is 7.21. The minimum Gasteiger partial charge on any atom is -0.298 e. The molecule has 124 valence electrons. The molecule has 2 aromatic rings. The average molecular weight is 353 g/mol. The monoisotopic (exact) mass is 353 g/mol. The van der Waals surface area contributed by atoms with Crippen LogP contribution in [0.25, 0.3) is 0 Å². The molecule has 0 fully saturated rings. The highest BCUT2D eigenvalue weighted by Crippen LogP contribution is 2.22. The Hall–Kier alpha value is -1.77. The van der Waals surface area contributed by atoms with Crippen LogP contribution in [0.3, 0.4) is 0 Å². The van der Waals surface area contributed by atoms with Crippen LogP contribution in [0, 0.1) is 6.92 Å². The summed E-state index contributed by atoms with van der Waals surface area (Å²) in [5.74, 6) is -0.379. The Morgan fingerprint density at radius 2 is 2.00 bits per heavy atom. The van der Waals surface area contributed by atoms with E-state index >= 15 is 0 Å². The van der Waals surface area contributed by atoms with E-state index in [-0.39, 0.29) is 16.4 Å². The van der Waals surface area contributed by atoms with Gasteiger partial charge in [0.2, 0.25) is 10.0 Å². The Morgan fingerprint density at radius 1 is 1.30 bits per heavy atom. The molecule has 0 aliphatic carbocycles. The van der Waals surface area contributed by atoms with Crippen molar-refractivity contribution in [3.63, 3.8) is 0 Å². The Kier molecular flexibility index (Phi) is 5.51. The molecule has 8 heteroatoms. The first-order valence-corrected chi connectivity index (χ1v) is 9.53. The predicted molar refractivity (Wildman–Crippen MR) is 91.4 cm³/mol. The summed E-state index contributed by atoms with van der Waals surface area (Å²) in [6.45, 7) is 6.06. The number of aryl methyl sites for hydroxylation is 1. The lowest BCUT2D eigenvalue weighted by Crippen LogP contribution is -2.31. The zero-order valence-corrected chi connectivity index (χ0v) is 14.9. The molecular formula is C15H19N3O3S2. The highest BCUT2D eigenvalue weighted by molar-refractivity contribution is 7.89. The molecule has 2 rings (SSSR count). The van der Waals surface area contributed by atoms with E-state index in [1.54, 1.807) is 44.5 Å². The van der Waals surface area contributed by atoms with Crippen molar-refractivity contribution < 1.29 is 13.2 Å². The zero-order valence-electron chi connectivity index (χ0n) is 13.2. The fourth-order valence-electron chi connectivity index (χ4n) is 2.18. The van der Waals surface area contributed by atoms with Crippen LogP contribution in [0.2, 0.25) is 0 Å². The molecule has 1 aromatic carbocycles. The van der Waals surface area contributed by atoms with Crippen molar-refractivity contribution >= 4 is 32.4 Å². The highest BCUT2D eigenvalue weighted by Gasteiger charge is 2.24.